The second kappa shape index (κ2) is 8.91. The number of benzene rings is 1. The van der Waals surface area contributed by atoms with Crippen LogP contribution >= 0.6 is 0 Å². The first kappa shape index (κ1) is 19.8. The van der Waals surface area contributed by atoms with E-state index in [1.165, 1.54) is 12.0 Å². The van der Waals surface area contributed by atoms with E-state index in [2.05, 4.69) is 57.0 Å². The highest BCUT2D eigenvalue weighted by atomic mass is 16.2. The SMILES string of the molecule is Cc1cc(C(=O)N2CCCC(C)C2)nc(N2CCN(Cc3ccccc3)CC2)n1. The molecule has 0 saturated carbocycles. The molecule has 29 heavy (non-hydrogen) atoms. The first-order valence-corrected chi connectivity index (χ1v) is 10.7. The molecule has 3 heterocycles. The van der Waals surface area contributed by atoms with Crippen LogP contribution in [-0.4, -0.2) is 64.9 Å². The number of piperazine rings is 1. The minimum Gasteiger partial charge on any atom is -0.338 e. The van der Waals surface area contributed by atoms with Crippen LogP contribution in [0.1, 0.15) is 41.5 Å². The molecule has 2 aliphatic rings. The summed E-state index contributed by atoms with van der Waals surface area (Å²) in [5, 5.41) is 0. The summed E-state index contributed by atoms with van der Waals surface area (Å²) in [4.78, 5) is 28.9. The number of carbonyl (C=O) groups is 1. The summed E-state index contributed by atoms with van der Waals surface area (Å²) in [7, 11) is 0. The van der Waals surface area contributed by atoms with Gasteiger partial charge in [-0.05, 0) is 37.3 Å². The molecule has 2 aromatic rings. The van der Waals surface area contributed by atoms with E-state index in [1.54, 1.807) is 0 Å². The van der Waals surface area contributed by atoms with Crippen molar-refractivity contribution in [3.8, 4) is 0 Å². The van der Waals surface area contributed by atoms with Crippen LogP contribution in [-0.2, 0) is 6.54 Å². The summed E-state index contributed by atoms with van der Waals surface area (Å²) < 4.78 is 0. The lowest BCUT2D eigenvalue weighted by atomic mass is 10.00. The van der Waals surface area contributed by atoms with Gasteiger partial charge in [-0.15, -0.1) is 0 Å². The highest BCUT2D eigenvalue weighted by Gasteiger charge is 2.25. The quantitative estimate of drug-likeness (QED) is 0.799. The van der Waals surface area contributed by atoms with Gasteiger partial charge in [-0.25, -0.2) is 9.97 Å². The van der Waals surface area contributed by atoms with Crippen molar-refractivity contribution >= 4 is 11.9 Å². The van der Waals surface area contributed by atoms with Gasteiger partial charge in [-0.2, -0.15) is 0 Å². The van der Waals surface area contributed by atoms with Crippen LogP contribution < -0.4 is 4.90 Å². The average Bonchev–Trinajstić information content (AvgIpc) is 2.74. The zero-order valence-electron chi connectivity index (χ0n) is 17.5. The number of hydrogen-bond donors (Lipinski definition) is 0. The van der Waals surface area contributed by atoms with Crippen molar-refractivity contribution in [1.29, 1.82) is 0 Å². The van der Waals surface area contributed by atoms with Gasteiger partial charge >= 0.3 is 0 Å². The molecule has 154 valence electrons. The summed E-state index contributed by atoms with van der Waals surface area (Å²) in [6.45, 7) is 10.5. The number of rotatable bonds is 4. The number of amides is 1. The molecule has 6 nitrogen and oxygen atoms in total. The van der Waals surface area contributed by atoms with Crippen molar-refractivity contribution in [2.75, 3.05) is 44.2 Å². The van der Waals surface area contributed by atoms with Crippen molar-refractivity contribution in [1.82, 2.24) is 19.8 Å². The number of aromatic nitrogens is 2. The van der Waals surface area contributed by atoms with Crippen molar-refractivity contribution in [2.24, 2.45) is 5.92 Å². The number of hydrogen-bond acceptors (Lipinski definition) is 5. The van der Waals surface area contributed by atoms with E-state index in [1.807, 2.05) is 17.9 Å². The van der Waals surface area contributed by atoms with Gasteiger partial charge in [-0.1, -0.05) is 37.3 Å². The van der Waals surface area contributed by atoms with Crippen molar-refractivity contribution in [2.45, 2.75) is 33.2 Å². The van der Waals surface area contributed by atoms with Crippen LogP contribution in [0.4, 0.5) is 5.95 Å². The Morgan fingerprint density at radius 3 is 2.55 bits per heavy atom. The second-order valence-electron chi connectivity index (χ2n) is 8.44. The first-order chi connectivity index (χ1) is 14.1. The Morgan fingerprint density at radius 2 is 1.83 bits per heavy atom. The van der Waals surface area contributed by atoms with Gasteiger partial charge in [0.2, 0.25) is 5.95 Å². The molecule has 1 aromatic carbocycles. The van der Waals surface area contributed by atoms with Crippen LogP contribution in [0.5, 0.6) is 0 Å². The Hall–Kier alpha value is -2.47. The molecule has 4 rings (SSSR count). The molecule has 0 N–H and O–H groups in total. The maximum Gasteiger partial charge on any atom is 0.272 e. The van der Waals surface area contributed by atoms with E-state index >= 15 is 0 Å². The highest BCUT2D eigenvalue weighted by molar-refractivity contribution is 5.92. The van der Waals surface area contributed by atoms with Gasteiger partial charge in [0.15, 0.2) is 0 Å². The van der Waals surface area contributed by atoms with E-state index in [-0.39, 0.29) is 5.91 Å². The molecule has 1 aromatic heterocycles. The Morgan fingerprint density at radius 1 is 1.07 bits per heavy atom. The van der Waals surface area contributed by atoms with Crippen molar-refractivity contribution < 1.29 is 4.79 Å². The lowest BCUT2D eigenvalue weighted by molar-refractivity contribution is 0.0676. The van der Waals surface area contributed by atoms with Crippen LogP contribution in [0.25, 0.3) is 0 Å². The van der Waals surface area contributed by atoms with Gasteiger partial charge in [0.1, 0.15) is 5.69 Å². The number of aryl methyl sites for hydroxylation is 1. The van der Waals surface area contributed by atoms with Crippen molar-refractivity contribution in [3.63, 3.8) is 0 Å². The van der Waals surface area contributed by atoms with Crippen LogP contribution in [0.15, 0.2) is 36.4 Å². The molecule has 1 amide bonds. The highest BCUT2D eigenvalue weighted by Crippen LogP contribution is 2.19. The summed E-state index contributed by atoms with van der Waals surface area (Å²) in [6.07, 6.45) is 2.28. The fourth-order valence-corrected chi connectivity index (χ4v) is 4.29. The third kappa shape index (κ3) is 4.93. The molecular weight excluding hydrogens is 362 g/mol. The van der Waals surface area contributed by atoms with E-state index in [0.29, 0.717) is 17.6 Å². The van der Waals surface area contributed by atoms with Crippen LogP contribution in [0.2, 0.25) is 0 Å². The number of anilines is 1. The fourth-order valence-electron chi connectivity index (χ4n) is 4.29. The largest absolute Gasteiger partial charge is 0.338 e. The van der Waals surface area contributed by atoms with Crippen LogP contribution in [0, 0.1) is 12.8 Å². The first-order valence-electron chi connectivity index (χ1n) is 10.7. The molecular formula is C23H31N5O. The van der Waals surface area contributed by atoms with Crippen LogP contribution in [0.3, 0.4) is 0 Å². The fraction of sp³-hybridized carbons (Fsp3) is 0.522. The van der Waals surface area contributed by atoms with Gasteiger partial charge < -0.3 is 9.80 Å². The monoisotopic (exact) mass is 393 g/mol. The molecule has 0 bridgehead atoms. The third-order valence-electron chi connectivity index (χ3n) is 5.91. The van der Waals surface area contributed by atoms with Gasteiger partial charge in [0.05, 0.1) is 0 Å². The summed E-state index contributed by atoms with van der Waals surface area (Å²) >= 11 is 0. The summed E-state index contributed by atoms with van der Waals surface area (Å²) in [6, 6.07) is 12.4. The third-order valence-corrected chi connectivity index (χ3v) is 5.91. The predicted molar refractivity (Wildman–Crippen MR) is 115 cm³/mol. The summed E-state index contributed by atoms with van der Waals surface area (Å²) in [5.74, 6) is 1.30. The van der Waals surface area contributed by atoms with Crippen molar-refractivity contribution in [3.05, 3.63) is 53.3 Å². The minimum absolute atomic E-state index is 0.0472. The predicted octanol–water partition coefficient (Wildman–Crippen LogP) is 2.98. The van der Waals surface area contributed by atoms with E-state index in [0.717, 1.165) is 57.9 Å². The lowest BCUT2D eigenvalue weighted by Crippen LogP contribution is -2.46. The van der Waals surface area contributed by atoms with Gasteiger partial charge in [-0.3, -0.25) is 9.69 Å². The molecule has 6 heteroatoms. The topological polar surface area (TPSA) is 52.6 Å². The Kier molecular flexibility index (Phi) is 6.09. The molecule has 1 atom stereocenters. The average molecular weight is 394 g/mol. The molecule has 1 unspecified atom stereocenters. The second-order valence-corrected chi connectivity index (χ2v) is 8.44. The maximum absolute atomic E-state index is 13.0. The molecule has 2 saturated heterocycles. The van der Waals surface area contributed by atoms with Gasteiger partial charge in [0, 0.05) is 51.5 Å². The Bertz CT molecular complexity index is 832. The van der Waals surface area contributed by atoms with E-state index in [4.69, 9.17) is 0 Å². The summed E-state index contributed by atoms with van der Waals surface area (Å²) in [5.41, 5.74) is 2.74. The smallest absolute Gasteiger partial charge is 0.272 e. The molecule has 2 aliphatic heterocycles. The number of piperidine rings is 1. The van der Waals surface area contributed by atoms with Gasteiger partial charge in [0.25, 0.3) is 5.91 Å². The number of likely N-dealkylation sites (tertiary alicyclic amines) is 1. The standard InChI is InChI=1S/C23H31N5O/c1-18-7-6-10-28(16-18)22(29)21-15-19(2)24-23(25-21)27-13-11-26(12-14-27)17-20-8-4-3-5-9-20/h3-5,8-9,15,18H,6-7,10-14,16-17H2,1-2H3. The minimum atomic E-state index is 0.0472. The maximum atomic E-state index is 13.0. The Labute approximate surface area is 173 Å². The number of carbonyl (C=O) groups excluding carboxylic acids is 1. The zero-order valence-corrected chi connectivity index (χ0v) is 17.5. The number of nitrogens with zero attached hydrogens (tertiary/aromatic N) is 5. The molecule has 2 fully saturated rings. The van der Waals surface area contributed by atoms with E-state index in [9.17, 15) is 4.79 Å². The Balaban J connectivity index is 1.41. The zero-order chi connectivity index (χ0) is 20.2. The van der Waals surface area contributed by atoms with E-state index < -0.39 is 0 Å². The molecule has 0 radical (unpaired) electrons. The normalized spacial score (nSPS) is 20.7. The molecule has 0 aliphatic carbocycles. The molecule has 0 spiro atoms. The lowest BCUT2D eigenvalue weighted by Gasteiger charge is -2.35.